The molecule has 0 saturated heterocycles. The van der Waals surface area contributed by atoms with Crippen LogP contribution in [0.2, 0.25) is 0 Å². The summed E-state index contributed by atoms with van der Waals surface area (Å²) in [6.45, 7) is 1.42. The number of nitrogens with two attached hydrogens (primary N) is 1. The Morgan fingerprint density at radius 1 is 0.889 bits per heavy atom. The molecule has 4 aromatic rings. The minimum Gasteiger partial charge on any atom is -0.482 e. The fourth-order valence-electron chi connectivity index (χ4n) is 6.11. The fraction of sp³-hybridized carbons (Fsp3) is 0.350. The van der Waals surface area contributed by atoms with E-state index in [0.717, 1.165) is 56.2 Å². The first-order valence-corrected chi connectivity index (χ1v) is 19.2. The minimum atomic E-state index is -0.599. The molecule has 2 heterocycles. The number of benzene rings is 3. The smallest absolute Gasteiger partial charge is 0.262 e. The average Bonchev–Trinajstić information content (AvgIpc) is 3.90. The molecule has 2 aliphatic rings. The number of aromatic nitrogens is 1. The Labute approximate surface area is 318 Å². The number of anilines is 2. The van der Waals surface area contributed by atoms with Crippen molar-refractivity contribution in [1.82, 2.24) is 20.5 Å². The van der Waals surface area contributed by atoms with Gasteiger partial charge in [-0.05, 0) is 79.8 Å². The predicted molar refractivity (Wildman–Crippen MR) is 207 cm³/mol. The second kappa shape index (κ2) is 18.4. The molecule has 1 fully saturated rings. The van der Waals surface area contributed by atoms with Crippen molar-refractivity contribution in [3.05, 3.63) is 106 Å². The van der Waals surface area contributed by atoms with E-state index in [4.69, 9.17) is 10.5 Å². The second-order valence-electron chi connectivity index (χ2n) is 13.5. The van der Waals surface area contributed by atoms with Gasteiger partial charge in [0.2, 0.25) is 5.91 Å². The van der Waals surface area contributed by atoms with Gasteiger partial charge < -0.3 is 36.6 Å². The lowest BCUT2D eigenvalue weighted by molar-refractivity contribution is -0.122. The van der Waals surface area contributed by atoms with Crippen LogP contribution < -0.4 is 31.7 Å². The van der Waals surface area contributed by atoms with E-state index in [2.05, 4.69) is 26.3 Å². The number of carbonyl (C=O) groups is 5. The van der Waals surface area contributed by atoms with E-state index in [9.17, 15) is 24.0 Å². The van der Waals surface area contributed by atoms with Gasteiger partial charge in [-0.3, -0.25) is 24.0 Å². The summed E-state index contributed by atoms with van der Waals surface area (Å²) in [5, 5.41) is 13.4. The van der Waals surface area contributed by atoms with Crippen molar-refractivity contribution in [1.29, 1.82) is 0 Å². The zero-order valence-electron chi connectivity index (χ0n) is 30.0. The van der Waals surface area contributed by atoms with Gasteiger partial charge in [-0.1, -0.05) is 37.5 Å². The monoisotopic (exact) mass is 751 g/mol. The van der Waals surface area contributed by atoms with E-state index in [1.807, 2.05) is 22.4 Å². The summed E-state index contributed by atoms with van der Waals surface area (Å²) in [4.78, 5) is 69.2. The molecular formula is C40H45N7O6S. The summed E-state index contributed by atoms with van der Waals surface area (Å²) >= 11 is 1.48. The molecule has 1 saturated carbocycles. The van der Waals surface area contributed by atoms with Gasteiger partial charge in [0.1, 0.15) is 5.75 Å². The lowest BCUT2D eigenvalue weighted by atomic mass is 10.1. The third kappa shape index (κ3) is 10.7. The zero-order chi connectivity index (χ0) is 37.9. The van der Waals surface area contributed by atoms with E-state index in [1.54, 1.807) is 60.1 Å². The second-order valence-corrected chi connectivity index (χ2v) is 14.3. The normalized spacial score (nSPS) is 13.8. The fourth-order valence-corrected chi connectivity index (χ4v) is 6.68. The van der Waals surface area contributed by atoms with Crippen LogP contribution in [0.4, 0.5) is 11.4 Å². The number of rotatable bonds is 18. The number of amides is 5. The van der Waals surface area contributed by atoms with Gasteiger partial charge in [0.05, 0.1) is 22.9 Å². The van der Waals surface area contributed by atoms with E-state index in [-0.39, 0.29) is 42.2 Å². The van der Waals surface area contributed by atoms with Gasteiger partial charge in [-0.25, -0.2) is 4.98 Å². The summed E-state index contributed by atoms with van der Waals surface area (Å²) in [6.07, 6.45) is 6.89. The Kier molecular flexibility index (Phi) is 13.0. The Balaban J connectivity index is 0.895. The molecule has 14 heteroatoms. The number of nitrogens with one attached hydrogen (secondary N) is 4. The quantitative estimate of drug-likeness (QED) is 0.0890. The highest BCUT2D eigenvalue weighted by molar-refractivity contribution is 7.07. The molecule has 6 rings (SSSR count). The SMILES string of the molecule is NC(Cc1cscn1)C(=O)NCCCCCCCNC(=O)c1cccc(NC(=O)c2ccc(CN(C(=O)c3ccc4c(c3)OCC(=O)N4)C3CC3)cc2)c1. The van der Waals surface area contributed by atoms with Crippen LogP contribution in [0.1, 0.15) is 87.3 Å². The number of ether oxygens (including phenoxy) is 1. The molecule has 13 nitrogen and oxygen atoms in total. The van der Waals surface area contributed by atoms with Crippen molar-refractivity contribution < 1.29 is 28.7 Å². The summed E-state index contributed by atoms with van der Waals surface area (Å²) in [6, 6.07) is 18.5. The lowest BCUT2D eigenvalue weighted by Gasteiger charge is -2.24. The first-order valence-electron chi connectivity index (χ1n) is 18.3. The molecule has 0 radical (unpaired) electrons. The summed E-state index contributed by atoms with van der Waals surface area (Å²) in [5.74, 6) is -0.560. The van der Waals surface area contributed by atoms with Gasteiger partial charge >= 0.3 is 0 Å². The average molecular weight is 752 g/mol. The number of hydrogen-bond acceptors (Lipinski definition) is 9. The lowest BCUT2D eigenvalue weighted by Crippen LogP contribution is -2.42. The minimum absolute atomic E-state index is 0.0853. The maximum absolute atomic E-state index is 13.5. The van der Waals surface area contributed by atoms with Gasteiger partial charge in [0, 0.05) is 59.9 Å². The van der Waals surface area contributed by atoms with E-state index in [0.29, 0.717) is 59.9 Å². The predicted octanol–water partition coefficient (Wildman–Crippen LogP) is 4.90. The van der Waals surface area contributed by atoms with Crippen LogP contribution in [0.3, 0.4) is 0 Å². The zero-order valence-corrected chi connectivity index (χ0v) is 30.8. The molecule has 0 spiro atoms. The molecule has 282 valence electrons. The molecule has 6 N–H and O–H groups in total. The summed E-state index contributed by atoms with van der Waals surface area (Å²) in [5.41, 5.74) is 11.8. The first-order chi connectivity index (χ1) is 26.2. The van der Waals surface area contributed by atoms with E-state index < -0.39 is 6.04 Å². The maximum atomic E-state index is 13.5. The molecule has 1 aliphatic carbocycles. The molecular weight excluding hydrogens is 707 g/mol. The number of hydrogen-bond donors (Lipinski definition) is 5. The van der Waals surface area contributed by atoms with Gasteiger partial charge in [-0.15, -0.1) is 11.3 Å². The highest BCUT2D eigenvalue weighted by Gasteiger charge is 2.33. The van der Waals surface area contributed by atoms with Gasteiger partial charge in [0.25, 0.3) is 23.6 Å². The number of nitrogens with zero attached hydrogens (tertiary/aromatic N) is 2. The molecule has 5 amide bonds. The third-order valence-corrected chi connectivity index (χ3v) is 9.88. The Morgan fingerprint density at radius 2 is 1.63 bits per heavy atom. The molecule has 3 aromatic carbocycles. The number of fused-ring (bicyclic) bond motifs is 1. The van der Waals surface area contributed by atoms with Crippen LogP contribution in [-0.2, 0) is 22.6 Å². The summed E-state index contributed by atoms with van der Waals surface area (Å²) < 4.78 is 5.50. The van der Waals surface area contributed by atoms with Crippen LogP contribution in [0.15, 0.2) is 77.6 Å². The first kappa shape index (κ1) is 38.1. The van der Waals surface area contributed by atoms with Crippen molar-refractivity contribution in [3.8, 4) is 5.75 Å². The van der Waals surface area contributed by atoms with Crippen LogP contribution in [0, 0.1) is 0 Å². The van der Waals surface area contributed by atoms with Gasteiger partial charge in [-0.2, -0.15) is 0 Å². The Bertz CT molecular complexity index is 1950. The highest BCUT2D eigenvalue weighted by Crippen LogP contribution is 2.33. The molecule has 1 unspecified atom stereocenters. The number of carbonyl (C=O) groups excluding carboxylic acids is 5. The van der Waals surface area contributed by atoms with Crippen LogP contribution in [0.5, 0.6) is 5.75 Å². The number of unbranched alkanes of at least 4 members (excludes halogenated alkanes) is 4. The van der Waals surface area contributed by atoms with Gasteiger partial charge in [0.15, 0.2) is 6.61 Å². The van der Waals surface area contributed by atoms with Crippen LogP contribution >= 0.6 is 11.3 Å². The maximum Gasteiger partial charge on any atom is 0.262 e. The van der Waals surface area contributed by atoms with E-state index in [1.165, 1.54) is 11.3 Å². The van der Waals surface area contributed by atoms with Crippen LogP contribution in [-0.4, -0.2) is 71.2 Å². The Hall–Kier alpha value is -5.60. The third-order valence-electron chi connectivity index (χ3n) is 9.25. The molecule has 0 bridgehead atoms. The highest BCUT2D eigenvalue weighted by atomic mass is 32.1. The van der Waals surface area contributed by atoms with E-state index >= 15 is 0 Å². The molecule has 1 atom stereocenters. The Morgan fingerprint density at radius 3 is 2.37 bits per heavy atom. The topological polar surface area (TPSA) is 185 Å². The molecule has 1 aromatic heterocycles. The van der Waals surface area contributed by atoms with Crippen molar-refractivity contribution >= 4 is 52.2 Å². The standard InChI is InChI=1S/C40H45N7O6S/c41-33(21-31-24-54-25-44-31)39(51)43-18-5-3-1-2-4-17-42-37(49)28-7-6-8-30(19-28)45-38(50)27-11-9-26(10-12-27)22-47(32-14-15-32)40(52)29-13-16-34-35(20-29)53-23-36(48)46-34/h6-13,16,19-20,24-25,32-33H,1-5,14-15,17-18,21-23,41H2,(H,42,49)(H,43,51)(H,45,50)(H,46,48). The summed E-state index contributed by atoms with van der Waals surface area (Å²) in [7, 11) is 0. The van der Waals surface area contributed by atoms with Crippen molar-refractivity contribution in [3.63, 3.8) is 0 Å². The van der Waals surface area contributed by atoms with Crippen molar-refractivity contribution in [2.45, 2.75) is 70.0 Å². The number of thiazole rings is 1. The van der Waals surface area contributed by atoms with Crippen molar-refractivity contribution in [2.75, 3.05) is 30.3 Å². The molecule has 54 heavy (non-hydrogen) atoms. The molecule has 1 aliphatic heterocycles. The van der Waals surface area contributed by atoms with Crippen molar-refractivity contribution in [2.24, 2.45) is 5.73 Å². The largest absolute Gasteiger partial charge is 0.482 e. The van der Waals surface area contributed by atoms with Crippen LogP contribution in [0.25, 0.3) is 0 Å².